The largest absolute Gasteiger partial charge is 0.340 e. The first-order valence-electron chi connectivity index (χ1n) is 4.22. The van der Waals surface area contributed by atoms with Crippen LogP contribution in [0.1, 0.15) is 17.4 Å². The van der Waals surface area contributed by atoms with Crippen molar-refractivity contribution in [3.63, 3.8) is 0 Å². The highest BCUT2D eigenvalue weighted by molar-refractivity contribution is 5.23. The molecular weight excluding hydrogens is 180 g/mol. The molecule has 0 aliphatic rings. The van der Waals surface area contributed by atoms with E-state index in [0.29, 0.717) is 5.82 Å². The molecule has 0 aliphatic heterocycles. The van der Waals surface area contributed by atoms with E-state index in [2.05, 4.69) is 15.2 Å². The van der Waals surface area contributed by atoms with E-state index in [1.54, 1.807) is 0 Å². The summed E-state index contributed by atoms with van der Waals surface area (Å²) in [5, 5.41) is 6.05. The fourth-order valence-electron chi connectivity index (χ4n) is 1.25. The maximum Gasteiger partial charge on any atom is 0.340 e. The molecule has 0 spiro atoms. The number of benzene rings is 1. The topological polar surface area (TPSA) is 87.6 Å². The normalized spacial score (nSPS) is 12.6. The highest BCUT2D eigenvalue weighted by Crippen LogP contribution is 2.13. The van der Waals surface area contributed by atoms with Gasteiger partial charge in [-0.15, -0.1) is 0 Å². The number of hydrogen-bond donors (Lipinski definition) is 3. The van der Waals surface area contributed by atoms with Crippen molar-refractivity contribution in [3.05, 3.63) is 52.2 Å². The van der Waals surface area contributed by atoms with Gasteiger partial charge >= 0.3 is 5.69 Å². The molecule has 0 aliphatic carbocycles. The molecule has 1 heterocycles. The summed E-state index contributed by atoms with van der Waals surface area (Å²) >= 11 is 0. The highest BCUT2D eigenvalue weighted by atomic mass is 16.1. The van der Waals surface area contributed by atoms with Crippen molar-refractivity contribution >= 4 is 0 Å². The van der Waals surface area contributed by atoms with Crippen LogP contribution in [-0.4, -0.2) is 15.2 Å². The second-order valence-electron chi connectivity index (χ2n) is 2.95. The predicted octanol–water partition coefficient (Wildman–Crippen LogP) is 0.146. The van der Waals surface area contributed by atoms with Gasteiger partial charge in [-0.05, 0) is 5.56 Å². The quantitative estimate of drug-likeness (QED) is 0.629. The van der Waals surface area contributed by atoms with E-state index in [4.69, 9.17) is 5.73 Å². The molecule has 0 unspecified atom stereocenters. The summed E-state index contributed by atoms with van der Waals surface area (Å²) in [6.07, 6.45) is 0. The molecule has 5 nitrogen and oxygen atoms in total. The van der Waals surface area contributed by atoms with Crippen molar-refractivity contribution in [2.24, 2.45) is 5.73 Å². The zero-order valence-corrected chi connectivity index (χ0v) is 7.40. The van der Waals surface area contributed by atoms with Gasteiger partial charge in [0.2, 0.25) is 0 Å². The van der Waals surface area contributed by atoms with Crippen molar-refractivity contribution in [1.82, 2.24) is 15.2 Å². The Hall–Kier alpha value is -1.88. The van der Waals surface area contributed by atoms with Crippen molar-refractivity contribution in [2.75, 3.05) is 0 Å². The van der Waals surface area contributed by atoms with E-state index in [1.165, 1.54) is 0 Å². The number of nitrogens with one attached hydrogen (secondary N) is 2. The van der Waals surface area contributed by atoms with Gasteiger partial charge < -0.3 is 5.73 Å². The Morgan fingerprint density at radius 2 is 2.00 bits per heavy atom. The summed E-state index contributed by atoms with van der Waals surface area (Å²) in [4.78, 5) is 13.3. The molecule has 14 heavy (non-hydrogen) atoms. The Bertz CT molecular complexity index is 459. The smallest absolute Gasteiger partial charge is 0.318 e. The second-order valence-corrected chi connectivity index (χ2v) is 2.95. The van der Waals surface area contributed by atoms with Crippen LogP contribution < -0.4 is 11.4 Å². The molecule has 0 bridgehead atoms. The fourth-order valence-corrected chi connectivity index (χ4v) is 1.25. The lowest BCUT2D eigenvalue weighted by Gasteiger charge is -2.06. The third kappa shape index (κ3) is 1.57. The minimum atomic E-state index is -0.393. The van der Waals surface area contributed by atoms with E-state index >= 15 is 0 Å². The van der Waals surface area contributed by atoms with E-state index in [-0.39, 0.29) is 5.69 Å². The molecule has 5 heteroatoms. The molecule has 1 aromatic heterocycles. The van der Waals surface area contributed by atoms with E-state index in [9.17, 15) is 4.79 Å². The lowest BCUT2D eigenvalue weighted by Crippen LogP contribution is -2.14. The molecule has 0 saturated heterocycles. The number of nitrogens with two attached hydrogens (primary N) is 1. The van der Waals surface area contributed by atoms with Gasteiger partial charge in [-0.1, -0.05) is 30.3 Å². The van der Waals surface area contributed by atoms with E-state index in [0.717, 1.165) is 5.56 Å². The van der Waals surface area contributed by atoms with Crippen LogP contribution in [-0.2, 0) is 0 Å². The Balaban J connectivity index is 2.33. The molecule has 2 aromatic rings. The minimum absolute atomic E-state index is 0.341. The molecule has 1 atom stereocenters. The summed E-state index contributed by atoms with van der Waals surface area (Å²) in [5.41, 5.74) is 6.45. The van der Waals surface area contributed by atoms with Crippen LogP contribution in [0, 0.1) is 0 Å². The zero-order valence-electron chi connectivity index (χ0n) is 7.40. The molecule has 72 valence electrons. The van der Waals surface area contributed by atoms with Gasteiger partial charge in [0.05, 0.1) is 6.04 Å². The fraction of sp³-hybridized carbons (Fsp3) is 0.111. The summed E-state index contributed by atoms with van der Waals surface area (Å²) in [6, 6.07) is 9.06. The summed E-state index contributed by atoms with van der Waals surface area (Å²) in [7, 11) is 0. The van der Waals surface area contributed by atoms with Crippen LogP contribution in [0.25, 0.3) is 0 Å². The first kappa shape index (κ1) is 8.71. The van der Waals surface area contributed by atoms with Crippen LogP contribution in [0.2, 0.25) is 0 Å². The third-order valence-corrected chi connectivity index (χ3v) is 1.97. The highest BCUT2D eigenvalue weighted by Gasteiger charge is 2.11. The Morgan fingerprint density at radius 1 is 1.29 bits per heavy atom. The third-order valence-electron chi connectivity index (χ3n) is 1.97. The molecule has 0 fully saturated rings. The monoisotopic (exact) mass is 190 g/mol. The summed E-state index contributed by atoms with van der Waals surface area (Å²) in [6.45, 7) is 0. The number of aromatic nitrogens is 3. The number of aromatic amines is 2. The predicted molar refractivity (Wildman–Crippen MR) is 51.7 cm³/mol. The van der Waals surface area contributed by atoms with Gasteiger partial charge in [-0.3, -0.25) is 4.98 Å². The lowest BCUT2D eigenvalue weighted by atomic mass is 10.1. The van der Waals surface area contributed by atoms with E-state index in [1.807, 2.05) is 30.3 Å². The van der Waals surface area contributed by atoms with Gasteiger partial charge in [0.1, 0.15) is 0 Å². The number of rotatable bonds is 2. The average molecular weight is 190 g/mol. The Labute approximate surface area is 80.0 Å². The molecule has 1 aromatic carbocycles. The van der Waals surface area contributed by atoms with Gasteiger partial charge in [0, 0.05) is 0 Å². The Kier molecular flexibility index (Phi) is 2.16. The van der Waals surface area contributed by atoms with Crippen LogP contribution >= 0.6 is 0 Å². The minimum Gasteiger partial charge on any atom is -0.318 e. The standard InChI is InChI=1S/C9H10N4O/c10-7(6-4-2-1-3-5-6)8-11-9(14)13-12-8/h1-5,7H,10H2,(H2,11,12,13,14)/t7-/m0/s1. The molecule has 0 amide bonds. The van der Waals surface area contributed by atoms with Crippen LogP contribution in [0.4, 0.5) is 0 Å². The Morgan fingerprint density at radius 3 is 2.57 bits per heavy atom. The van der Waals surface area contributed by atoms with Crippen molar-refractivity contribution in [1.29, 1.82) is 0 Å². The zero-order chi connectivity index (χ0) is 9.97. The van der Waals surface area contributed by atoms with Gasteiger partial charge in [-0.25, -0.2) is 9.89 Å². The molecule has 4 N–H and O–H groups in total. The van der Waals surface area contributed by atoms with E-state index < -0.39 is 6.04 Å². The number of H-pyrrole nitrogens is 2. The SMILES string of the molecule is N[C@@H](c1ccccc1)c1n[nH]c(=O)[nH]1. The van der Waals surface area contributed by atoms with Crippen LogP contribution in [0.5, 0.6) is 0 Å². The number of hydrogen-bond acceptors (Lipinski definition) is 3. The van der Waals surface area contributed by atoms with Crippen LogP contribution in [0.15, 0.2) is 35.1 Å². The van der Waals surface area contributed by atoms with Gasteiger partial charge in [0.25, 0.3) is 0 Å². The summed E-state index contributed by atoms with van der Waals surface area (Å²) in [5.74, 6) is 0.446. The molecule has 0 radical (unpaired) electrons. The van der Waals surface area contributed by atoms with Crippen LogP contribution in [0.3, 0.4) is 0 Å². The molecular formula is C9H10N4O. The average Bonchev–Trinajstić information content (AvgIpc) is 2.65. The van der Waals surface area contributed by atoms with Gasteiger partial charge in [-0.2, -0.15) is 5.10 Å². The first-order chi connectivity index (χ1) is 6.77. The number of nitrogens with zero attached hydrogens (tertiary/aromatic N) is 1. The second kappa shape index (κ2) is 3.47. The maximum atomic E-state index is 10.8. The molecule has 2 rings (SSSR count). The molecule has 0 saturated carbocycles. The maximum absolute atomic E-state index is 10.8. The first-order valence-corrected chi connectivity index (χ1v) is 4.22. The van der Waals surface area contributed by atoms with Crippen molar-refractivity contribution < 1.29 is 0 Å². The van der Waals surface area contributed by atoms with Crippen molar-refractivity contribution in [3.8, 4) is 0 Å². The van der Waals surface area contributed by atoms with Crippen molar-refractivity contribution in [2.45, 2.75) is 6.04 Å². The lowest BCUT2D eigenvalue weighted by molar-refractivity contribution is 0.787. The van der Waals surface area contributed by atoms with Gasteiger partial charge in [0.15, 0.2) is 5.82 Å². The summed E-state index contributed by atoms with van der Waals surface area (Å²) < 4.78 is 0.